The first kappa shape index (κ1) is 23.2. The fraction of sp³-hybridized carbons (Fsp3) is 0.0455. The lowest BCUT2D eigenvalue weighted by molar-refractivity contribution is 0.593. The first-order chi connectivity index (χ1) is 15.5. The lowest BCUT2D eigenvalue weighted by Gasteiger charge is -2.04. The topological polar surface area (TPSA) is 107 Å². The van der Waals surface area contributed by atoms with Gasteiger partial charge in [-0.05, 0) is 59.7 Å². The van der Waals surface area contributed by atoms with Crippen LogP contribution in [0.4, 0.5) is 8.78 Å². The lowest BCUT2D eigenvalue weighted by Crippen LogP contribution is -2.11. The Labute approximate surface area is 193 Å². The van der Waals surface area contributed by atoms with E-state index in [4.69, 9.17) is 5.14 Å². The molecule has 1 heterocycles. The quantitative estimate of drug-likeness (QED) is 0.418. The molecule has 0 atom stereocenters. The zero-order chi connectivity index (χ0) is 23.8. The van der Waals surface area contributed by atoms with E-state index in [2.05, 4.69) is 4.98 Å². The average Bonchev–Trinajstić information content (AvgIpc) is 3.20. The van der Waals surface area contributed by atoms with E-state index in [0.29, 0.717) is 21.7 Å². The van der Waals surface area contributed by atoms with E-state index in [0.717, 1.165) is 17.4 Å². The summed E-state index contributed by atoms with van der Waals surface area (Å²) in [7, 11) is -7.84. The first-order valence-electron chi connectivity index (χ1n) is 9.40. The molecule has 0 saturated carbocycles. The fourth-order valence-electron chi connectivity index (χ4n) is 3.14. The van der Waals surface area contributed by atoms with Crippen molar-refractivity contribution in [3.8, 4) is 21.7 Å². The van der Waals surface area contributed by atoms with Gasteiger partial charge >= 0.3 is 0 Å². The van der Waals surface area contributed by atoms with Crippen LogP contribution in [0.3, 0.4) is 0 Å². The maximum Gasteiger partial charge on any atom is 0.238 e. The number of nitrogens with zero attached hydrogens (tertiary/aromatic N) is 1. The Kier molecular flexibility index (Phi) is 6.14. The van der Waals surface area contributed by atoms with E-state index in [1.165, 1.54) is 66.7 Å². The van der Waals surface area contributed by atoms with Gasteiger partial charge in [0.2, 0.25) is 24.2 Å². The molecule has 0 radical (unpaired) electrons. The zero-order valence-corrected chi connectivity index (χ0v) is 19.2. The Morgan fingerprint density at radius 1 is 0.818 bits per heavy atom. The highest BCUT2D eigenvalue weighted by Crippen LogP contribution is 2.39. The van der Waals surface area contributed by atoms with Crippen molar-refractivity contribution < 1.29 is 25.6 Å². The molecule has 6 nitrogen and oxygen atoms in total. The number of benzene rings is 3. The molecule has 0 saturated heterocycles. The van der Waals surface area contributed by atoms with E-state index in [1.807, 2.05) is 0 Å². The van der Waals surface area contributed by atoms with Gasteiger partial charge < -0.3 is 0 Å². The standard InChI is InChI=1S/C22H16F2N2O4S3/c23-17-8-4-15(5-9-17)20-21(16-6-10-19(11-7-16)33(25,29)30)31-22(26-20)32(27,28)13-14-2-1-3-18(24)12-14/h1-12H,13H2,(H2,25,29,30). The third-order valence-corrected chi connectivity index (χ3v) is 8.86. The SMILES string of the molecule is NS(=O)(=O)c1ccc(-c2sc(S(=O)(=O)Cc3cccc(F)c3)nc2-c2ccc(F)cc2)cc1. The van der Waals surface area contributed by atoms with Crippen LogP contribution in [0.2, 0.25) is 0 Å². The van der Waals surface area contributed by atoms with Crippen LogP contribution in [0, 0.1) is 11.6 Å². The second-order valence-electron chi connectivity index (χ2n) is 7.12. The summed E-state index contributed by atoms with van der Waals surface area (Å²) in [5, 5.41) is 5.15. The minimum Gasteiger partial charge on any atom is -0.225 e. The first-order valence-corrected chi connectivity index (χ1v) is 13.4. The molecule has 4 rings (SSSR count). The van der Waals surface area contributed by atoms with Gasteiger partial charge in [-0.2, -0.15) is 0 Å². The molecule has 4 aromatic rings. The van der Waals surface area contributed by atoms with Crippen LogP contribution < -0.4 is 5.14 Å². The van der Waals surface area contributed by atoms with E-state index in [-0.39, 0.29) is 14.8 Å². The number of sulfonamides is 1. The Hall–Kier alpha value is -2.99. The minimum absolute atomic E-state index is 0.0990. The van der Waals surface area contributed by atoms with Crippen LogP contribution in [0.15, 0.2) is 82.0 Å². The van der Waals surface area contributed by atoms with Crippen molar-refractivity contribution in [2.75, 3.05) is 0 Å². The number of hydrogen-bond donors (Lipinski definition) is 1. The number of aromatic nitrogens is 1. The summed E-state index contributed by atoms with van der Waals surface area (Å²) in [5.41, 5.74) is 1.55. The number of nitrogens with two attached hydrogens (primary N) is 1. The third kappa shape index (κ3) is 5.17. The molecule has 170 valence electrons. The van der Waals surface area contributed by atoms with Gasteiger partial charge in [0.05, 0.1) is 21.2 Å². The van der Waals surface area contributed by atoms with Crippen LogP contribution in [0.1, 0.15) is 5.56 Å². The molecule has 0 aliphatic heterocycles. The molecule has 3 aromatic carbocycles. The van der Waals surface area contributed by atoms with Gasteiger partial charge in [-0.3, -0.25) is 0 Å². The van der Waals surface area contributed by atoms with Crippen LogP contribution in [-0.4, -0.2) is 21.8 Å². The Morgan fingerprint density at radius 2 is 1.45 bits per heavy atom. The predicted octanol–water partition coefficient (Wildman–Crippen LogP) is 4.38. The maximum absolute atomic E-state index is 13.5. The van der Waals surface area contributed by atoms with Crippen LogP contribution in [0.5, 0.6) is 0 Å². The number of sulfone groups is 1. The molecule has 0 unspecified atom stereocenters. The molecule has 2 N–H and O–H groups in total. The highest BCUT2D eigenvalue weighted by molar-refractivity contribution is 7.92. The lowest BCUT2D eigenvalue weighted by atomic mass is 10.1. The van der Waals surface area contributed by atoms with E-state index in [9.17, 15) is 25.6 Å². The second-order valence-corrected chi connectivity index (χ2v) is 11.8. The molecule has 33 heavy (non-hydrogen) atoms. The highest BCUT2D eigenvalue weighted by atomic mass is 32.2. The van der Waals surface area contributed by atoms with Gasteiger partial charge in [-0.25, -0.2) is 35.7 Å². The average molecular weight is 507 g/mol. The van der Waals surface area contributed by atoms with Gasteiger partial charge in [0.25, 0.3) is 0 Å². The zero-order valence-electron chi connectivity index (χ0n) is 16.8. The van der Waals surface area contributed by atoms with Gasteiger partial charge in [0.1, 0.15) is 11.6 Å². The van der Waals surface area contributed by atoms with Crippen molar-refractivity contribution in [1.29, 1.82) is 0 Å². The fourth-order valence-corrected chi connectivity index (χ4v) is 6.38. The molecule has 11 heteroatoms. The molecule has 0 bridgehead atoms. The maximum atomic E-state index is 13.5. The number of hydrogen-bond acceptors (Lipinski definition) is 6. The summed E-state index contributed by atoms with van der Waals surface area (Å²) < 4.78 is 76.0. The number of thiazole rings is 1. The summed E-state index contributed by atoms with van der Waals surface area (Å²) in [6.07, 6.45) is 0. The van der Waals surface area contributed by atoms with Crippen molar-refractivity contribution in [1.82, 2.24) is 4.98 Å². The Bertz CT molecular complexity index is 1530. The Balaban J connectivity index is 1.82. The molecule has 1 aromatic heterocycles. The molecular formula is C22H16F2N2O4S3. The van der Waals surface area contributed by atoms with E-state index < -0.39 is 37.2 Å². The van der Waals surface area contributed by atoms with Gasteiger partial charge in [-0.15, -0.1) is 11.3 Å². The molecule has 0 fully saturated rings. The van der Waals surface area contributed by atoms with Crippen molar-refractivity contribution in [2.24, 2.45) is 5.14 Å². The number of primary sulfonamides is 1. The summed E-state index contributed by atoms with van der Waals surface area (Å²) in [5.74, 6) is -1.47. The predicted molar refractivity (Wildman–Crippen MR) is 122 cm³/mol. The molecule has 0 aliphatic carbocycles. The van der Waals surface area contributed by atoms with Gasteiger partial charge in [0, 0.05) is 5.56 Å². The second kappa shape index (κ2) is 8.75. The summed E-state index contributed by atoms with van der Waals surface area (Å²) in [4.78, 5) is 4.67. The van der Waals surface area contributed by atoms with Crippen LogP contribution in [-0.2, 0) is 25.6 Å². The minimum atomic E-state index is -3.94. The Morgan fingerprint density at radius 3 is 2.06 bits per heavy atom. The van der Waals surface area contributed by atoms with Crippen molar-refractivity contribution in [3.63, 3.8) is 0 Å². The van der Waals surface area contributed by atoms with Crippen molar-refractivity contribution in [2.45, 2.75) is 15.0 Å². The smallest absolute Gasteiger partial charge is 0.225 e. The van der Waals surface area contributed by atoms with Gasteiger partial charge in [-0.1, -0.05) is 24.3 Å². The molecular weight excluding hydrogens is 490 g/mol. The van der Waals surface area contributed by atoms with Gasteiger partial charge in [0.15, 0.2) is 0 Å². The third-order valence-electron chi connectivity index (χ3n) is 4.68. The summed E-state index contributed by atoms with van der Waals surface area (Å²) >= 11 is 0.888. The summed E-state index contributed by atoms with van der Waals surface area (Å²) in [6, 6.07) is 16.3. The molecule has 0 aliphatic rings. The molecule has 0 amide bonds. The number of rotatable bonds is 6. The van der Waals surface area contributed by atoms with Crippen LogP contribution in [0.25, 0.3) is 21.7 Å². The molecule has 0 spiro atoms. The van der Waals surface area contributed by atoms with E-state index >= 15 is 0 Å². The number of halogens is 2. The largest absolute Gasteiger partial charge is 0.238 e. The normalized spacial score (nSPS) is 12.1. The van der Waals surface area contributed by atoms with E-state index in [1.54, 1.807) is 0 Å². The monoisotopic (exact) mass is 506 g/mol. The summed E-state index contributed by atoms with van der Waals surface area (Å²) in [6.45, 7) is 0. The highest BCUT2D eigenvalue weighted by Gasteiger charge is 2.25. The van der Waals surface area contributed by atoms with Crippen LogP contribution >= 0.6 is 11.3 Å². The van der Waals surface area contributed by atoms with Crippen molar-refractivity contribution in [3.05, 3.63) is 90.0 Å². The van der Waals surface area contributed by atoms with Crippen molar-refractivity contribution >= 4 is 31.2 Å².